The average Bonchev–Trinajstić information content (AvgIpc) is 3.54. The number of benzene rings is 3. The number of alkyl carbamates (subject to hydrolysis) is 1. The zero-order chi connectivity index (χ0) is 43.8. The summed E-state index contributed by atoms with van der Waals surface area (Å²) in [7, 11) is -3.99. The van der Waals surface area contributed by atoms with E-state index < -0.39 is 44.9 Å². The van der Waals surface area contributed by atoms with Crippen LogP contribution in [0.2, 0.25) is 0 Å². The van der Waals surface area contributed by atoms with E-state index in [9.17, 15) is 22.8 Å². The van der Waals surface area contributed by atoms with Crippen molar-refractivity contribution in [2.24, 2.45) is 9.98 Å². The van der Waals surface area contributed by atoms with E-state index in [2.05, 4.69) is 20.6 Å². The van der Waals surface area contributed by atoms with E-state index in [1.165, 1.54) is 40.4 Å². The fraction of sp³-hybridized carbons (Fsp3) is 0.372. The number of guanidine groups is 1. The van der Waals surface area contributed by atoms with Crippen molar-refractivity contribution in [2.75, 3.05) is 18.1 Å². The number of carbonyl (C=O) groups excluding carboxylic acids is 3. The maximum Gasteiger partial charge on any atom is 0.437 e. The third-order valence-corrected chi connectivity index (χ3v) is 12.0. The Morgan fingerprint density at radius 3 is 2.10 bits per heavy atom. The van der Waals surface area contributed by atoms with E-state index in [1.807, 2.05) is 55.5 Å². The number of amides is 3. The minimum atomic E-state index is -3.99. The number of hydrogen-bond acceptors (Lipinski definition) is 11. The second kappa shape index (κ2) is 19.3. The van der Waals surface area contributed by atoms with Gasteiger partial charge in [-0.3, -0.25) is 5.32 Å². The molecule has 1 aromatic heterocycles. The Labute approximate surface area is 355 Å². The van der Waals surface area contributed by atoms with Gasteiger partial charge in [-0.15, -0.1) is 28.1 Å². The van der Waals surface area contributed by atoms with Crippen molar-refractivity contribution in [1.29, 1.82) is 0 Å². The molecular weight excluding hydrogens is 811 g/mol. The number of aryl methyl sites for hydroxylation is 1. The number of aliphatic imine (C=N–C) groups is 2. The van der Waals surface area contributed by atoms with Crippen molar-refractivity contribution in [2.45, 2.75) is 106 Å². The summed E-state index contributed by atoms with van der Waals surface area (Å²) in [4.78, 5) is 48.8. The number of nitrogens with zero attached hydrogens (tertiary/aromatic N) is 3. The normalized spacial score (nSPS) is 12.6. The molecule has 0 saturated carbocycles. The molecule has 3 amide bonds. The van der Waals surface area contributed by atoms with Gasteiger partial charge in [0.05, 0.1) is 20.3 Å². The predicted octanol–water partition coefficient (Wildman–Crippen LogP) is 10.6. The van der Waals surface area contributed by atoms with Crippen molar-refractivity contribution in [3.8, 4) is 11.1 Å². The molecule has 13 nitrogen and oxygen atoms in total. The van der Waals surface area contributed by atoms with E-state index in [-0.39, 0.29) is 22.3 Å². The fourth-order valence-corrected chi connectivity index (χ4v) is 9.23. The number of anilines is 1. The molecule has 0 spiro atoms. The van der Waals surface area contributed by atoms with E-state index in [1.54, 1.807) is 92.8 Å². The van der Waals surface area contributed by atoms with Crippen LogP contribution in [0, 0.1) is 6.92 Å². The highest BCUT2D eigenvalue weighted by Gasteiger charge is 2.29. The molecule has 0 atom stereocenters. The molecule has 4 rings (SSSR count). The average molecular weight is 864 g/mol. The van der Waals surface area contributed by atoms with Crippen LogP contribution in [0.3, 0.4) is 0 Å². The van der Waals surface area contributed by atoms with Gasteiger partial charge in [0.25, 0.3) is 0 Å². The van der Waals surface area contributed by atoms with Crippen molar-refractivity contribution in [3.63, 3.8) is 0 Å². The lowest BCUT2D eigenvalue weighted by molar-refractivity contribution is 0.0369. The Balaban J connectivity index is 1.66. The van der Waals surface area contributed by atoms with Crippen LogP contribution < -0.4 is 10.6 Å². The Morgan fingerprint density at radius 1 is 0.831 bits per heavy atom. The molecule has 3 aromatic carbocycles. The van der Waals surface area contributed by atoms with Gasteiger partial charge in [-0.2, -0.15) is 0 Å². The summed E-state index contributed by atoms with van der Waals surface area (Å²) < 4.78 is 45.2. The van der Waals surface area contributed by atoms with Gasteiger partial charge < -0.3 is 19.5 Å². The summed E-state index contributed by atoms with van der Waals surface area (Å²) in [5.74, 6) is -0.0886. The molecule has 16 heteroatoms. The Kier molecular flexibility index (Phi) is 15.2. The first-order valence-electron chi connectivity index (χ1n) is 18.7. The highest BCUT2D eigenvalue weighted by atomic mass is 32.2. The maximum absolute atomic E-state index is 14.1. The van der Waals surface area contributed by atoms with Crippen LogP contribution in [-0.4, -0.2) is 73.5 Å². The highest BCUT2D eigenvalue weighted by Crippen LogP contribution is 2.41. The fourth-order valence-electron chi connectivity index (χ4n) is 5.36. The quantitative estimate of drug-likeness (QED) is 0.0678. The molecule has 2 N–H and O–H groups in total. The van der Waals surface area contributed by atoms with Crippen LogP contribution in [0.4, 0.5) is 25.1 Å². The molecule has 4 aromatic rings. The van der Waals surface area contributed by atoms with Crippen molar-refractivity contribution in [3.05, 3.63) is 90.0 Å². The zero-order valence-corrected chi connectivity index (χ0v) is 37.8. The van der Waals surface area contributed by atoms with Crippen LogP contribution in [0.1, 0.15) is 73.4 Å². The number of nitrogens with one attached hydrogen (secondary N) is 2. The molecule has 0 aliphatic carbocycles. The van der Waals surface area contributed by atoms with Crippen molar-refractivity contribution in [1.82, 2.24) is 10.2 Å². The summed E-state index contributed by atoms with van der Waals surface area (Å²) in [5, 5.41) is 5.98. The molecule has 0 saturated heterocycles. The number of carbonyl (C=O) groups is 3. The van der Waals surface area contributed by atoms with Gasteiger partial charge in [0, 0.05) is 12.2 Å². The number of ether oxygens (including phenoxy) is 3. The number of hydrogen-bond donors (Lipinski definition) is 2. The van der Waals surface area contributed by atoms with Gasteiger partial charge in [0.1, 0.15) is 21.8 Å². The summed E-state index contributed by atoms with van der Waals surface area (Å²) in [6, 6.07) is 23.1. The monoisotopic (exact) mass is 863 g/mol. The number of thiophene rings is 1. The van der Waals surface area contributed by atoms with E-state index in [0.717, 1.165) is 16.7 Å². The first-order valence-corrected chi connectivity index (χ1v) is 22.3. The lowest BCUT2D eigenvalue weighted by Gasteiger charge is -2.29. The number of sulfone groups is 1. The molecule has 0 aliphatic rings. The maximum atomic E-state index is 14.1. The second-order valence-electron chi connectivity index (χ2n) is 16.3. The van der Waals surface area contributed by atoms with Gasteiger partial charge in [-0.25, -0.2) is 32.7 Å². The van der Waals surface area contributed by atoms with Gasteiger partial charge >= 0.3 is 18.3 Å². The highest BCUT2D eigenvalue weighted by molar-refractivity contribution is 8.01. The van der Waals surface area contributed by atoms with Crippen molar-refractivity contribution < 1.29 is 37.0 Å². The van der Waals surface area contributed by atoms with Crippen LogP contribution >= 0.6 is 23.1 Å². The standard InChI is InChI=1S/C43H53N5O8S3/c1-28-24-31(46-37(47-39(50)55-42(5,6)7)48(40(51)56-43(8,9)10)23-22-29-16-13-12-14-17-29)20-21-33(28)30-18-15-19-32(25-30)59(52,53)34-26-35(58-36(34)57-11)44-27-45-38(49)54-41(2,3)4/h12-21,24-27H,22-23H2,1-11H3,(H,44,45,49)(H,46,47,50). The second-order valence-corrected chi connectivity index (χ2v) is 20.3. The summed E-state index contributed by atoms with van der Waals surface area (Å²) in [6.45, 7) is 17.7. The molecule has 0 unspecified atom stereocenters. The Hall–Kier alpha value is -5.19. The number of thioether (sulfide) groups is 1. The van der Waals surface area contributed by atoms with Gasteiger partial charge in [-0.1, -0.05) is 48.5 Å². The lowest BCUT2D eigenvalue weighted by atomic mass is 10.00. The van der Waals surface area contributed by atoms with E-state index in [4.69, 9.17) is 14.2 Å². The topological polar surface area (TPSA) is 165 Å². The third kappa shape index (κ3) is 14.3. The minimum Gasteiger partial charge on any atom is -0.444 e. The molecule has 0 radical (unpaired) electrons. The Bertz CT molecular complexity index is 2300. The van der Waals surface area contributed by atoms with Crippen LogP contribution in [0.25, 0.3) is 11.1 Å². The van der Waals surface area contributed by atoms with Crippen LogP contribution in [0.15, 0.2) is 103 Å². The first kappa shape index (κ1) is 46.5. The number of rotatable bonds is 10. The van der Waals surface area contributed by atoms with Gasteiger partial charge in [0.15, 0.2) is 0 Å². The smallest absolute Gasteiger partial charge is 0.437 e. The van der Waals surface area contributed by atoms with Crippen LogP contribution in [-0.2, 0) is 30.5 Å². The third-order valence-electron chi connectivity index (χ3n) is 7.77. The minimum absolute atomic E-state index is 0.0882. The zero-order valence-electron chi connectivity index (χ0n) is 35.3. The van der Waals surface area contributed by atoms with Crippen molar-refractivity contribution >= 4 is 74.2 Å². The summed E-state index contributed by atoms with van der Waals surface area (Å²) in [6.07, 6.45) is 1.12. The van der Waals surface area contributed by atoms with E-state index in [0.29, 0.717) is 26.9 Å². The molecule has 1 heterocycles. The Morgan fingerprint density at radius 2 is 1.49 bits per heavy atom. The summed E-state index contributed by atoms with van der Waals surface area (Å²) in [5.41, 5.74) is 1.27. The van der Waals surface area contributed by atoms with Gasteiger partial charge in [-0.05, 0) is 134 Å². The van der Waals surface area contributed by atoms with E-state index >= 15 is 0 Å². The molecule has 59 heavy (non-hydrogen) atoms. The predicted molar refractivity (Wildman–Crippen MR) is 236 cm³/mol. The summed E-state index contributed by atoms with van der Waals surface area (Å²) >= 11 is 2.47. The molecule has 0 bridgehead atoms. The lowest BCUT2D eigenvalue weighted by Crippen LogP contribution is -2.45. The molecule has 0 aliphatic heterocycles. The van der Waals surface area contributed by atoms with Gasteiger partial charge in [0.2, 0.25) is 15.8 Å². The molecular formula is C43H53N5O8S3. The largest absolute Gasteiger partial charge is 0.444 e. The van der Waals surface area contributed by atoms with Crippen LogP contribution in [0.5, 0.6) is 0 Å². The SMILES string of the molecule is CSc1sc(/N=C/NC(=O)OC(C)(C)C)cc1S(=O)(=O)c1cccc(-c2ccc(N/C(=N\C(=O)OC(C)(C)C)N(CCc3ccccc3)C(=O)OC(C)(C)C)cc2C)c1. The first-order chi connectivity index (χ1) is 27.4. The molecule has 316 valence electrons. The molecule has 0 fully saturated rings.